The highest BCUT2D eigenvalue weighted by Crippen LogP contribution is 2.62. The van der Waals surface area contributed by atoms with Gasteiger partial charge in [0, 0.05) is 5.92 Å². The summed E-state index contributed by atoms with van der Waals surface area (Å²) in [5.41, 5.74) is 5.93. The Hall–Kier alpha value is -1.48. The van der Waals surface area contributed by atoms with E-state index in [4.69, 9.17) is 0 Å². The molecule has 0 N–H and O–H groups in total. The monoisotopic (exact) mass is 358 g/mol. The summed E-state index contributed by atoms with van der Waals surface area (Å²) in [4.78, 5) is 0. The smallest absolute Gasteiger partial charge is 0.0259 e. The molecule has 4 aliphatic carbocycles. The standard InChI is InChI=1S/C27H34/c1-3-7-22-12-15-26-25-14-11-21-18-20(19-8-5-4-6-9-19)10-13-23(21)24(25)16-17-27(22,26)2/h4-6,8-9,20-22,25-26H,10-18H2,1-2H3/t20?,21?,22-,25-,26+,27-/m1/s1. The van der Waals surface area contributed by atoms with Crippen molar-refractivity contribution in [3.63, 3.8) is 0 Å². The maximum absolute atomic E-state index is 3.59. The van der Waals surface area contributed by atoms with Gasteiger partial charge in [-0.15, -0.1) is 5.92 Å². The summed E-state index contributed by atoms with van der Waals surface area (Å²) < 4.78 is 0. The van der Waals surface area contributed by atoms with Crippen molar-refractivity contribution in [1.29, 1.82) is 0 Å². The van der Waals surface area contributed by atoms with E-state index in [2.05, 4.69) is 49.1 Å². The van der Waals surface area contributed by atoms with Crippen LogP contribution >= 0.6 is 0 Å². The number of allylic oxidation sites excluding steroid dienone is 2. The molecule has 1 aromatic carbocycles. The van der Waals surface area contributed by atoms with Gasteiger partial charge in [-0.1, -0.05) is 54.3 Å². The molecule has 0 saturated heterocycles. The van der Waals surface area contributed by atoms with Crippen molar-refractivity contribution < 1.29 is 0 Å². The second kappa shape index (κ2) is 6.84. The van der Waals surface area contributed by atoms with Gasteiger partial charge in [-0.25, -0.2) is 0 Å². The molecule has 6 atom stereocenters. The molecule has 1 aromatic rings. The van der Waals surface area contributed by atoms with Gasteiger partial charge in [0.2, 0.25) is 0 Å². The summed E-state index contributed by atoms with van der Waals surface area (Å²) in [6.07, 6.45) is 12.6. The minimum atomic E-state index is 0.492. The third-order valence-electron chi connectivity index (χ3n) is 8.93. The van der Waals surface area contributed by atoms with Crippen LogP contribution in [0.2, 0.25) is 0 Å². The summed E-state index contributed by atoms with van der Waals surface area (Å²) >= 11 is 0. The Morgan fingerprint density at radius 1 is 0.889 bits per heavy atom. The minimum Gasteiger partial charge on any atom is -0.106 e. The maximum Gasteiger partial charge on any atom is 0.0259 e. The second-order valence-corrected chi connectivity index (χ2v) is 9.95. The normalized spacial score (nSPS) is 40.4. The van der Waals surface area contributed by atoms with Crippen molar-refractivity contribution in [2.75, 3.05) is 0 Å². The molecule has 5 rings (SSSR count). The van der Waals surface area contributed by atoms with Gasteiger partial charge in [-0.3, -0.25) is 0 Å². The van der Waals surface area contributed by atoms with E-state index in [0.29, 0.717) is 11.3 Å². The summed E-state index contributed by atoms with van der Waals surface area (Å²) in [6, 6.07) is 11.3. The molecule has 0 heterocycles. The molecule has 0 amide bonds. The topological polar surface area (TPSA) is 0 Å². The van der Waals surface area contributed by atoms with Gasteiger partial charge in [0.05, 0.1) is 0 Å². The molecule has 0 radical (unpaired) electrons. The van der Waals surface area contributed by atoms with Crippen LogP contribution in [0.15, 0.2) is 41.5 Å². The zero-order valence-corrected chi connectivity index (χ0v) is 17.1. The average Bonchev–Trinajstić information content (AvgIpc) is 3.05. The van der Waals surface area contributed by atoms with Gasteiger partial charge < -0.3 is 0 Å². The van der Waals surface area contributed by atoms with Crippen LogP contribution < -0.4 is 0 Å². The van der Waals surface area contributed by atoms with Gasteiger partial charge in [0.25, 0.3) is 0 Å². The van der Waals surface area contributed by atoms with Gasteiger partial charge in [-0.05, 0) is 99.4 Å². The SMILES string of the molecule is CC#C[C@@H]1CC[C@H]2[C@@H]3CCC4CC(c5ccccc5)CCC4=C3CC[C@]12C. The first-order chi connectivity index (χ1) is 13.2. The van der Waals surface area contributed by atoms with Gasteiger partial charge in [0.1, 0.15) is 0 Å². The highest BCUT2D eigenvalue weighted by Gasteiger charge is 2.53. The first-order valence-corrected chi connectivity index (χ1v) is 11.4. The Morgan fingerprint density at radius 3 is 2.56 bits per heavy atom. The van der Waals surface area contributed by atoms with Crippen molar-refractivity contribution in [3.8, 4) is 11.8 Å². The molecule has 0 bridgehead atoms. The lowest BCUT2D eigenvalue weighted by Crippen LogP contribution is -2.41. The van der Waals surface area contributed by atoms with Crippen molar-refractivity contribution in [1.82, 2.24) is 0 Å². The Morgan fingerprint density at radius 2 is 1.74 bits per heavy atom. The molecule has 27 heavy (non-hydrogen) atoms. The molecular weight excluding hydrogens is 324 g/mol. The quantitative estimate of drug-likeness (QED) is 0.370. The van der Waals surface area contributed by atoms with Gasteiger partial charge >= 0.3 is 0 Å². The fourth-order valence-electron chi connectivity index (χ4n) is 7.56. The lowest BCUT2D eigenvalue weighted by atomic mass is 9.54. The van der Waals surface area contributed by atoms with Gasteiger partial charge in [-0.2, -0.15) is 0 Å². The first kappa shape index (κ1) is 17.6. The molecule has 0 nitrogen and oxygen atoms in total. The third-order valence-corrected chi connectivity index (χ3v) is 8.93. The number of fused-ring (bicyclic) bond motifs is 4. The summed E-state index contributed by atoms with van der Waals surface area (Å²) in [5, 5.41) is 0. The predicted octanol–water partition coefficient (Wildman–Crippen LogP) is 7.13. The Bertz CT molecular complexity index is 788. The molecule has 0 spiro atoms. The van der Waals surface area contributed by atoms with Crippen LogP contribution in [0, 0.1) is 40.9 Å². The molecular formula is C27H34. The number of hydrogen-bond acceptors (Lipinski definition) is 0. The highest BCUT2D eigenvalue weighted by atomic mass is 14.6. The van der Waals surface area contributed by atoms with Crippen molar-refractivity contribution in [3.05, 3.63) is 47.0 Å². The maximum atomic E-state index is 3.59. The van der Waals surface area contributed by atoms with E-state index in [1.807, 2.05) is 18.1 Å². The largest absolute Gasteiger partial charge is 0.106 e. The van der Waals surface area contributed by atoms with E-state index in [0.717, 1.165) is 23.7 Å². The van der Waals surface area contributed by atoms with Crippen LogP contribution in [0.3, 0.4) is 0 Å². The predicted molar refractivity (Wildman–Crippen MR) is 113 cm³/mol. The zero-order chi connectivity index (χ0) is 18.4. The third kappa shape index (κ3) is 2.81. The number of benzene rings is 1. The van der Waals surface area contributed by atoms with Crippen molar-refractivity contribution in [2.24, 2.45) is 29.1 Å². The minimum absolute atomic E-state index is 0.492. The van der Waals surface area contributed by atoms with E-state index >= 15 is 0 Å². The summed E-state index contributed by atoms with van der Waals surface area (Å²) in [5.74, 6) is 11.0. The highest BCUT2D eigenvalue weighted by molar-refractivity contribution is 5.32. The molecule has 0 aromatic heterocycles. The fraction of sp³-hybridized carbons (Fsp3) is 0.630. The Kier molecular flexibility index (Phi) is 4.46. The van der Waals surface area contributed by atoms with E-state index in [9.17, 15) is 0 Å². The van der Waals surface area contributed by atoms with Crippen molar-refractivity contribution in [2.45, 2.75) is 77.6 Å². The second-order valence-electron chi connectivity index (χ2n) is 9.95. The van der Waals surface area contributed by atoms with Crippen LogP contribution in [0.1, 0.15) is 83.1 Å². The van der Waals surface area contributed by atoms with E-state index in [-0.39, 0.29) is 0 Å². The van der Waals surface area contributed by atoms with Crippen molar-refractivity contribution >= 4 is 0 Å². The molecule has 142 valence electrons. The molecule has 0 aliphatic heterocycles. The number of hydrogen-bond donors (Lipinski definition) is 0. The summed E-state index contributed by atoms with van der Waals surface area (Å²) in [7, 11) is 0. The van der Waals surface area contributed by atoms with Gasteiger partial charge in [0.15, 0.2) is 0 Å². The summed E-state index contributed by atoms with van der Waals surface area (Å²) in [6.45, 7) is 4.61. The number of rotatable bonds is 1. The molecule has 2 unspecified atom stereocenters. The van der Waals surface area contributed by atoms with Crippen LogP contribution in [-0.2, 0) is 0 Å². The van der Waals surface area contributed by atoms with E-state index in [1.54, 1.807) is 5.56 Å². The fourth-order valence-corrected chi connectivity index (χ4v) is 7.56. The average molecular weight is 359 g/mol. The van der Waals surface area contributed by atoms with Crippen LogP contribution in [0.25, 0.3) is 0 Å². The molecule has 0 heteroatoms. The van der Waals surface area contributed by atoms with E-state index < -0.39 is 0 Å². The molecule has 4 aliphatic rings. The Balaban J connectivity index is 1.39. The first-order valence-electron chi connectivity index (χ1n) is 11.4. The lowest BCUT2D eigenvalue weighted by Gasteiger charge is -2.50. The molecule has 3 saturated carbocycles. The lowest BCUT2D eigenvalue weighted by molar-refractivity contribution is 0.0858. The van der Waals surface area contributed by atoms with Crippen LogP contribution in [0.5, 0.6) is 0 Å². The van der Waals surface area contributed by atoms with Crippen LogP contribution in [-0.4, -0.2) is 0 Å². The van der Waals surface area contributed by atoms with Crippen LogP contribution in [0.4, 0.5) is 0 Å². The zero-order valence-electron chi connectivity index (χ0n) is 17.1. The van der Waals surface area contributed by atoms with E-state index in [1.165, 1.54) is 57.8 Å². The Labute approximate surface area is 165 Å². The molecule has 3 fully saturated rings.